The van der Waals surface area contributed by atoms with E-state index >= 15 is 4.57 Å². The lowest BCUT2D eigenvalue weighted by Gasteiger charge is -2.21. The molecule has 2 heterocycles. The predicted molar refractivity (Wildman–Crippen MR) is 239 cm³/mol. The van der Waals surface area contributed by atoms with E-state index in [-0.39, 0.29) is 0 Å². The number of rotatable bonds is 7. The van der Waals surface area contributed by atoms with Crippen molar-refractivity contribution in [2.45, 2.75) is 6.92 Å². The molecule has 56 heavy (non-hydrogen) atoms. The molecule has 0 aliphatic carbocycles. The Morgan fingerprint density at radius 1 is 0.589 bits per heavy atom. The van der Waals surface area contributed by atoms with E-state index < -0.39 is 7.14 Å². The van der Waals surface area contributed by atoms with Gasteiger partial charge in [-0.2, -0.15) is 0 Å². The number of allylic oxidation sites excluding steroid dienone is 1. The summed E-state index contributed by atoms with van der Waals surface area (Å²) in [5.41, 5.74) is 7.95. The minimum atomic E-state index is -3.27. The zero-order valence-corrected chi connectivity index (χ0v) is 31.7. The lowest BCUT2D eigenvalue weighted by atomic mass is 9.85. The quantitative estimate of drug-likeness (QED) is 0.121. The number of aromatic nitrogens is 1. The monoisotopic (exact) mass is 737 g/mol. The summed E-state index contributed by atoms with van der Waals surface area (Å²) in [6.45, 7) is 6.19. The first-order valence-electron chi connectivity index (χ1n) is 18.9. The number of hydrogen-bond acceptors (Lipinski definition) is 3. The van der Waals surface area contributed by atoms with Crippen LogP contribution in [-0.4, -0.2) is 4.98 Å². The van der Waals surface area contributed by atoms with E-state index in [1.165, 1.54) is 0 Å². The number of nitrogens with zero attached hydrogens (tertiary/aromatic N) is 1. The lowest BCUT2D eigenvalue weighted by molar-refractivity contribution is 0.592. The van der Waals surface area contributed by atoms with Gasteiger partial charge < -0.3 is 8.98 Å². The zero-order chi connectivity index (χ0) is 37.8. The van der Waals surface area contributed by atoms with Crippen molar-refractivity contribution in [2.75, 3.05) is 0 Å². The molecule has 0 radical (unpaired) electrons. The van der Waals surface area contributed by atoms with Crippen LogP contribution in [0.1, 0.15) is 18.1 Å². The van der Waals surface area contributed by atoms with E-state index in [1.54, 1.807) is 6.20 Å². The average molecular weight is 738 g/mol. The normalized spacial score (nSPS) is 12.1. The first-order chi connectivity index (χ1) is 27.6. The Kier molecular flexibility index (Phi) is 8.13. The molecule has 10 rings (SSSR count). The van der Waals surface area contributed by atoms with Crippen LogP contribution in [0.4, 0.5) is 0 Å². The second kappa shape index (κ2) is 13.5. The van der Waals surface area contributed by atoms with Gasteiger partial charge in [-0.05, 0) is 74.1 Å². The summed E-state index contributed by atoms with van der Waals surface area (Å²) in [6.07, 6.45) is 9.84. The van der Waals surface area contributed by atoms with Crippen molar-refractivity contribution in [2.24, 2.45) is 0 Å². The molecular weight excluding hydrogens is 702 g/mol. The molecule has 0 saturated heterocycles. The van der Waals surface area contributed by atoms with E-state index in [2.05, 4.69) is 116 Å². The lowest BCUT2D eigenvalue weighted by Crippen LogP contribution is -2.25. The van der Waals surface area contributed by atoms with Crippen LogP contribution in [0.15, 0.2) is 187 Å². The third-order valence-electron chi connectivity index (χ3n) is 11.1. The van der Waals surface area contributed by atoms with Crippen LogP contribution in [0.3, 0.4) is 0 Å². The van der Waals surface area contributed by atoms with Gasteiger partial charge in [0.25, 0.3) is 0 Å². The molecule has 266 valence electrons. The average Bonchev–Trinajstić information content (AvgIpc) is 3.66. The molecule has 0 spiro atoms. The molecule has 0 aliphatic heterocycles. The third kappa shape index (κ3) is 5.13. The minimum Gasteiger partial charge on any atom is -0.455 e. The molecule has 8 aromatic carbocycles. The fourth-order valence-corrected chi connectivity index (χ4v) is 11.3. The summed E-state index contributed by atoms with van der Waals surface area (Å²) in [4.78, 5) is 4.81. The van der Waals surface area contributed by atoms with Crippen molar-refractivity contribution in [3.63, 3.8) is 0 Å². The van der Waals surface area contributed by atoms with Gasteiger partial charge in [-0.15, -0.1) is 0 Å². The van der Waals surface area contributed by atoms with Crippen LogP contribution in [0.5, 0.6) is 0 Å². The molecule has 0 bridgehead atoms. The zero-order valence-electron chi connectivity index (χ0n) is 30.8. The van der Waals surface area contributed by atoms with Gasteiger partial charge in [-0.1, -0.05) is 164 Å². The van der Waals surface area contributed by atoms with Crippen molar-refractivity contribution in [1.29, 1.82) is 0 Å². The molecule has 0 atom stereocenters. The van der Waals surface area contributed by atoms with E-state index in [1.807, 2.05) is 79.9 Å². The van der Waals surface area contributed by atoms with Crippen LogP contribution in [0.25, 0.3) is 88.7 Å². The molecule has 0 amide bonds. The highest BCUT2D eigenvalue weighted by Gasteiger charge is 2.31. The summed E-state index contributed by atoms with van der Waals surface area (Å²) in [5.74, 6) is 0. The highest BCUT2D eigenvalue weighted by Crippen LogP contribution is 2.50. The summed E-state index contributed by atoms with van der Waals surface area (Å²) in [7, 11) is -3.27. The number of pyridine rings is 1. The van der Waals surface area contributed by atoms with Gasteiger partial charge in [0.05, 0.1) is 0 Å². The molecule has 10 aromatic rings. The van der Waals surface area contributed by atoms with Gasteiger partial charge in [0, 0.05) is 55.8 Å². The second-order valence-electron chi connectivity index (χ2n) is 14.2. The summed E-state index contributed by atoms with van der Waals surface area (Å²) in [5, 5.41) is 11.1. The molecule has 0 saturated carbocycles. The highest BCUT2D eigenvalue weighted by atomic mass is 31.2. The van der Waals surface area contributed by atoms with E-state index in [9.17, 15) is 0 Å². The van der Waals surface area contributed by atoms with Gasteiger partial charge in [0.15, 0.2) is 7.14 Å². The molecular formula is C52H36NO2P. The molecule has 0 N–H and O–H groups in total. The van der Waals surface area contributed by atoms with Crippen molar-refractivity contribution >= 4 is 89.5 Å². The Morgan fingerprint density at radius 3 is 1.77 bits per heavy atom. The van der Waals surface area contributed by atoms with Crippen molar-refractivity contribution in [3.05, 3.63) is 194 Å². The van der Waals surface area contributed by atoms with E-state index in [0.717, 1.165) is 98.2 Å². The van der Waals surface area contributed by atoms with Crippen LogP contribution < -0.4 is 15.9 Å². The molecule has 0 fully saturated rings. The van der Waals surface area contributed by atoms with Gasteiger partial charge >= 0.3 is 0 Å². The van der Waals surface area contributed by atoms with Crippen molar-refractivity contribution < 1.29 is 8.98 Å². The Hall–Kier alpha value is -6.80. The Labute approximate surface area is 325 Å². The van der Waals surface area contributed by atoms with Gasteiger partial charge in [0.1, 0.15) is 11.2 Å². The first kappa shape index (κ1) is 33.7. The number of benzene rings is 8. The van der Waals surface area contributed by atoms with Gasteiger partial charge in [0.2, 0.25) is 0 Å². The first-order valence-corrected chi connectivity index (χ1v) is 20.6. The van der Waals surface area contributed by atoms with Crippen LogP contribution in [0, 0.1) is 0 Å². The standard InChI is InChI=1S/C52H36NO2P/c1-3-17-40-34(4-2)28-29-47-50(40)51-41-23-12-11-18-35(41)31-46(52(51)55-47)49-44-26-15-13-24-42(44)48(43-25-14-16-27-45(43)49)36-30-39(33-53-32-36)56(54,37-19-7-5-8-20-37)38-21-9-6-10-22-38/h3-33H,2H2,1H3/b17-3-. The predicted octanol–water partition coefficient (Wildman–Crippen LogP) is 13.1. The number of hydrogen-bond donors (Lipinski definition) is 0. The van der Waals surface area contributed by atoms with Crippen molar-refractivity contribution in [1.82, 2.24) is 4.98 Å². The largest absolute Gasteiger partial charge is 0.455 e. The van der Waals surface area contributed by atoms with Crippen molar-refractivity contribution in [3.8, 4) is 22.3 Å². The van der Waals surface area contributed by atoms with E-state index in [4.69, 9.17) is 9.40 Å². The maximum atomic E-state index is 15.5. The van der Waals surface area contributed by atoms with Crippen LogP contribution in [-0.2, 0) is 4.57 Å². The second-order valence-corrected chi connectivity index (χ2v) is 16.9. The fourth-order valence-electron chi connectivity index (χ4n) is 8.65. The maximum Gasteiger partial charge on any atom is 0.172 e. The van der Waals surface area contributed by atoms with E-state index in [0.29, 0.717) is 5.30 Å². The maximum absolute atomic E-state index is 15.5. The molecule has 0 aliphatic rings. The Bertz CT molecular complexity index is 3150. The summed E-state index contributed by atoms with van der Waals surface area (Å²) >= 11 is 0. The Morgan fingerprint density at radius 2 is 1.16 bits per heavy atom. The molecule has 3 nitrogen and oxygen atoms in total. The molecule has 4 heteroatoms. The fraction of sp³-hybridized carbons (Fsp3) is 0.0192. The van der Waals surface area contributed by atoms with Crippen LogP contribution in [0.2, 0.25) is 0 Å². The Balaban J connectivity index is 1.30. The van der Waals surface area contributed by atoms with Crippen LogP contribution >= 0.6 is 7.14 Å². The van der Waals surface area contributed by atoms with Gasteiger partial charge in [-0.25, -0.2) is 0 Å². The topological polar surface area (TPSA) is 43.1 Å². The third-order valence-corrected chi connectivity index (χ3v) is 14.1. The molecule has 2 aromatic heterocycles. The number of fused-ring (bicyclic) bond motifs is 7. The van der Waals surface area contributed by atoms with Gasteiger partial charge in [-0.3, -0.25) is 4.98 Å². The highest BCUT2D eigenvalue weighted by molar-refractivity contribution is 7.85. The SMILES string of the molecule is C=Cc1ccc2oc3c(-c4c5ccccc5c(-c5cncc(P(=O)(c6ccccc6)c6ccccc6)c5)c5ccccc45)cc4ccccc4c3c2c1/C=C\C. The minimum absolute atomic E-state index is 0.693. The number of furan rings is 1. The summed E-state index contributed by atoms with van der Waals surface area (Å²) < 4.78 is 22.5. The smallest absolute Gasteiger partial charge is 0.172 e. The summed E-state index contributed by atoms with van der Waals surface area (Å²) in [6, 6.07) is 53.9. The molecule has 0 unspecified atom stereocenters.